The molecule has 2 aromatic heterocycles. The number of amides is 1. The normalized spacial score (nSPS) is 19.0. The van der Waals surface area contributed by atoms with Crippen molar-refractivity contribution in [3.63, 3.8) is 0 Å². The Morgan fingerprint density at radius 1 is 1.30 bits per heavy atom. The second-order valence-electron chi connectivity index (χ2n) is 7.89. The molecule has 1 fully saturated rings. The van der Waals surface area contributed by atoms with E-state index in [1.807, 2.05) is 0 Å². The van der Waals surface area contributed by atoms with Crippen LogP contribution in [0.25, 0.3) is 11.3 Å². The summed E-state index contributed by atoms with van der Waals surface area (Å²) in [6.45, 7) is -0.692. The van der Waals surface area contributed by atoms with Gasteiger partial charge < -0.3 is 10.1 Å². The molecule has 1 aliphatic rings. The molecular weight excluding hydrogens is 501 g/mol. The van der Waals surface area contributed by atoms with Gasteiger partial charge in [-0.25, -0.2) is 13.4 Å². The van der Waals surface area contributed by atoms with Crippen LogP contribution in [-0.2, 0) is 16.4 Å². The van der Waals surface area contributed by atoms with E-state index in [0.717, 1.165) is 6.07 Å². The average Bonchev–Trinajstić information content (AvgIpc) is 3.08. The maximum Gasteiger partial charge on any atom is 0.387 e. The second-order valence-corrected chi connectivity index (χ2v) is 11.0. The van der Waals surface area contributed by atoms with Gasteiger partial charge >= 0.3 is 6.61 Å². The highest BCUT2D eigenvalue weighted by Gasteiger charge is 2.29. The van der Waals surface area contributed by atoms with Crippen molar-refractivity contribution >= 4 is 38.9 Å². The lowest BCUT2D eigenvalue weighted by Gasteiger charge is -2.27. The first-order valence-corrected chi connectivity index (χ1v) is 13.1. The Labute approximate surface area is 200 Å². The number of carbonyl (C=O) groups is 1. The second kappa shape index (κ2) is 10.5. The summed E-state index contributed by atoms with van der Waals surface area (Å²) in [7, 11) is -3.06. The third-order valence-electron chi connectivity index (χ3n) is 5.66. The van der Waals surface area contributed by atoms with E-state index in [4.69, 9.17) is 23.2 Å². The number of ether oxygens (including phenoxy) is 1. The summed E-state index contributed by atoms with van der Waals surface area (Å²) in [6, 6.07) is 1.14. The van der Waals surface area contributed by atoms with Gasteiger partial charge in [-0.15, -0.1) is 0 Å². The fourth-order valence-electron chi connectivity index (χ4n) is 3.94. The van der Waals surface area contributed by atoms with Crippen molar-refractivity contribution in [2.45, 2.75) is 51.0 Å². The van der Waals surface area contributed by atoms with Crippen LogP contribution in [-0.4, -0.2) is 53.8 Å². The van der Waals surface area contributed by atoms with Crippen molar-refractivity contribution in [1.29, 1.82) is 0 Å². The smallest absolute Gasteiger partial charge is 0.387 e. The lowest BCUT2D eigenvalue weighted by atomic mass is 9.89. The van der Waals surface area contributed by atoms with Crippen LogP contribution in [0.3, 0.4) is 0 Å². The number of halogens is 4. The first-order valence-electron chi connectivity index (χ1n) is 10.3. The molecule has 3 rings (SSSR count). The monoisotopic (exact) mass is 524 g/mol. The molecule has 2 heterocycles. The summed E-state index contributed by atoms with van der Waals surface area (Å²) in [6.07, 6.45) is 4.97. The maximum atomic E-state index is 12.9. The van der Waals surface area contributed by atoms with Gasteiger partial charge in [0.15, 0.2) is 5.69 Å². The zero-order valence-electron chi connectivity index (χ0n) is 18.0. The lowest BCUT2D eigenvalue weighted by molar-refractivity contribution is -0.0495. The third kappa shape index (κ3) is 6.13. The highest BCUT2D eigenvalue weighted by molar-refractivity contribution is 7.91. The van der Waals surface area contributed by atoms with Crippen LogP contribution in [0.15, 0.2) is 12.3 Å². The van der Waals surface area contributed by atoms with Crippen LogP contribution in [0.5, 0.6) is 5.75 Å². The minimum absolute atomic E-state index is 0.0293. The number of hydrogen-bond donors (Lipinski definition) is 1. The van der Waals surface area contributed by atoms with Gasteiger partial charge in [0.25, 0.3) is 5.91 Å². The minimum Gasteiger partial charge on any atom is -0.434 e. The predicted molar refractivity (Wildman–Crippen MR) is 121 cm³/mol. The Morgan fingerprint density at radius 3 is 2.55 bits per heavy atom. The zero-order valence-corrected chi connectivity index (χ0v) is 20.4. The van der Waals surface area contributed by atoms with E-state index in [0.29, 0.717) is 38.8 Å². The quantitative estimate of drug-likeness (QED) is 0.519. The van der Waals surface area contributed by atoms with Crippen molar-refractivity contribution in [1.82, 2.24) is 20.1 Å². The van der Waals surface area contributed by atoms with Gasteiger partial charge in [0, 0.05) is 31.6 Å². The largest absolute Gasteiger partial charge is 0.434 e. The van der Waals surface area contributed by atoms with E-state index in [1.165, 1.54) is 17.1 Å². The molecule has 0 atom stereocenters. The number of sulfone groups is 1. The summed E-state index contributed by atoms with van der Waals surface area (Å²) in [5, 5.41) is 6.64. The van der Waals surface area contributed by atoms with E-state index in [9.17, 15) is 22.0 Å². The van der Waals surface area contributed by atoms with Crippen LogP contribution in [0.4, 0.5) is 8.78 Å². The molecule has 1 amide bonds. The molecule has 0 aliphatic heterocycles. The number of rotatable bonds is 8. The first kappa shape index (κ1) is 25.6. The Hall–Kier alpha value is -1.98. The van der Waals surface area contributed by atoms with Gasteiger partial charge in [0.2, 0.25) is 0 Å². The number of nitrogens with zero attached hydrogens (tertiary/aromatic N) is 3. The molecule has 0 bridgehead atoms. The summed E-state index contributed by atoms with van der Waals surface area (Å²) < 4.78 is 55.2. The topological polar surface area (TPSA) is 103 Å². The summed E-state index contributed by atoms with van der Waals surface area (Å²) in [5.74, 6) is -0.613. The molecule has 33 heavy (non-hydrogen) atoms. The molecule has 8 nitrogen and oxygen atoms in total. The highest BCUT2D eigenvalue weighted by Crippen LogP contribution is 2.38. The van der Waals surface area contributed by atoms with E-state index in [-0.39, 0.29) is 44.0 Å². The molecule has 13 heteroatoms. The van der Waals surface area contributed by atoms with Gasteiger partial charge in [-0.1, -0.05) is 23.2 Å². The van der Waals surface area contributed by atoms with Crippen LogP contribution in [0.2, 0.25) is 10.2 Å². The Bertz CT molecular complexity index is 1120. The molecule has 0 unspecified atom stereocenters. The van der Waals surface area contributed by atoms with Gasteiger partial charge in [-0.2, -0.15) is 13.9 Å². The van der Waals surface area contributed by atoms with E-state index in [2.05, 4.69) is 20.1 Å². The number of nitrogens with one attached hydrogen (secondary N) is 1. The maximum absolute atomic E-state index is 12.9. The molecule has 1 aliphatic carbocycles. The van der Waals surface area contributed by atoms with Gasteiger partial charge in [0.1, 0.15) is 20.7 Å². The van der Waals surface area contributed by atoms with Crippen LogP contribution in [0.1, 0.15) is 43.1 Å². The van der Waals surface area contributed by atoms with Gasteiger partial charge in [-0.05, 0) is 38.5 Å². The minimum atomic E-state index is -3.10. The van der Waals surface area contributed by atoms with Crippen molar-refractivity contribution < 1.29 is 26.7 Å². The fraction of sp³-hybridized carbons (Fsp3) is 0.550. The first-order chi connectivity index (χ1) is 15.5. The van der Waals surface area contributed by atoms with E-state index in [1.54, 1.807) is 6.92 Å². The molecular formula is C20H24Cl2F2N4O4S. The van der Waals surface area contributed by atoms with E-state index >= 15 is 0 Å². The van der Waals surface area contributed by atoms with Crippen molar-refractivity contribution in [2.24, 2.45) is 5.92 Å². The summed E-state index contributed by atoms with van der Waals surface area (Å²) >= 11 is 12.3. The zero-order chi connectivity index (χ0) is 24.3. The van der Waals surface area contributed by atoms with Crippen LogP contribution < -0.4 is 10.1 Å². The van der Waals surface area contributed by atoms with Crippen molar-refractivity contribution in [3.05, 3.63) is 28.1 Å². The number of carbonyl (C=O) groups excluding carboxylic acids is 1. The molecule has 0 saturated heterocycles. The molecule has 182 valence electrons. The van der Waals surface area contributed by atoms with E-state index < -0.39 is 22.4 Å². The molecule has 0 aromatic carbocycles. The molecule has 1 saturated carbocycles. The predicted octanol–water partition coefficient (Wildman–Crippen LogP) is 4.21. The lowest BCUT2D eigenvalue weighted by Crippen LogP contribution is -2.34. The Morgan fingerprint density at radius 2 is 1.97 bits per heavy atom. The van der Waals surface area contributed by atoms with Crippen molar-refractivity contribution in [2.75, 3.05) is 12.8 Å². The number of aryl methyl sites for hydroxylation is 1. The molecule has 0 spiro atoms. The fourth-order valence-corrected chi connectivity index (χ4v) is 5.54. The number of alkyl halides is 2. The number of pyridine rings is 1. The van der Waals surface area contributed by atoms with Gasteiger partial charge in [0.05, 0.1) is 21.5 Å². The summed E-state index contributed by atoms with van der Waals surface area (Å²) in [5.41, 5.74) is 0.270. The third-order valence-corrected chi connectivity index (χ3v) is 7.91. The SMILES string of the molecule is CCn1nc(C(=O)NCC2CCC(S(C)(=O)=O)CC2)c(Cl)c1-c1cnc(Cl)cc1OC(F)F. The number of hydrogen-bond acceptors (Lipinski definition) is 6. The number of aromatic nitrogens is 3. The Kier molecular flexibility index (Phi) is 8.17. The molecule has 0 radical (unpaired) electrons. The van der Waals surface area contributed by atoms with Crippen LogP contribution >= 0.6 is 23.2 Å². The van der Waals surface area contributed by atoms with Crippen LogP contribution in [0, 0.1) is 5.92 Å². The summed E-state index contributed by atoms with van der Waals surface area (Å²) in [4.78, 5) is 16.7. The highest BCUT2D eigenvalue weighted by atomic mass is 35.5. The van der Waals surface area contributed by atoms with Gasteiger partial charge in [-0.3, -0.25) is 9.48 Å². The molecule has 1 N–H and O–H groups in total. The Balaban J connectivity index is 1.78. The molecule has 2 aromatic rings. The average molecular weight is 525 g/mol. The van der Waals surface area contributed by atoms with Crippen molar-refractivity contribution in [3.8, 4) is 17.0 Å². The standard InChI is InChI=1S/C20H24Cl2F2N4O4S/c1-3-28-18(13-10-25-15(21)8-14(13)32-20(23)24)16(22)17(27-28)19(29)26-9-11-4-6-12(7-5-11)33(2,30)31/h8,10-12,20H,3-7,9H2,1-2H3,(H,26,29).